The summed E-state index contributed by atoms with van der Waals surface area (Å²) in [5, 5.41) is 2.60. The second kappa shape index (κ2) is 10.5. The minimum atomic E-state index is -1.39. The summed E-state index contributed by atoms with van der Waals surface area (Å²) in [4.78, 5) is 37.4. The first-order valence-electron chi connectivity index (χ1n) is 9.09. The molecule has 1 aromatic rings. The van der Waals surface area contributed by atoms with Gasteiger partial charge in [-0.1, -0.05) is 12.1 Å². The van der Waals surface area contributed by atoms with Crippen LogP contribution in [0.15, 0.2) is 24.3 Å². The predicted molar refractivity (Wildman–Crippen MR) is 102 cm³/mol. The monoisotopic (exact) mass is 395 g/mol. The third-order valence-corrected chi connectivity index (χ3v) is 3.56. The van der Waals surface area contributed by atoms with E-state index in [1.54, 1.807) is 58.9 Å². The highest BCUT2D eigenvalue weighted by atomic mass is 16.6. The van der Waals surface area contributed by atoms with E-state index < -0.39 is 35.6 Å². The van der Waals surface area contributed by atoms with Crippen LogP contribution < -0.4 is 10.1 Å². The highest BCUT2D eigenvalue weighted by Crippen LogP contribution is 2.27. The van der Waals surface area contributed by atoms with Crippen LogP contribution in [0.1, 0.15) is 46.2 Å². The second-order valence-electron chi connectivity index (χ2n) is 6.88. The van der Waals surface area contributed by atoms with Gasteiger partial charge in [-0.2, -0.15) is 0 Å². The van der Waals surface area contributed by atoms with Gasteiger partial charge in [-0.25, -0.2) is 4.79 Å². The van der Waals surface area contributed by atoms with Crippen LogP contribution in [-0.2, 0) is 23.8 Å². The molecule has 0 aliphatic carbocycles. The van der Waals surface area contributed by atoms with Crippen LogP contribution in [0.5, 0.6) is 5.75 Å². The minimum absolute atomic E-state index is 0.0799. The molecule has 8 nitrogen and oxygen atoms in total. The van der Waals surface area contributed by atoms with E-state index in [1.165, 1.54) is 7.11 Å². The number of amides is 1. The average Bonchev–Trinajstić information content (AvgIpc) is 2.60. The Kier molecular flexibility index (Phi) is 8.76. The third-order valence-electron chi connectivity index (χ3n) is 3.56. The van der Waals surface area contributed by atoms with E-state index in [2.05, 4.69) is 5.32 Å². The molecule has 0 aliphatic heterocycles. The van der Waals surface area contributed by atoms with Gasteiger partial charge in [0.15, 0.2) is 5.92 Å². The zero-order chi connectivity index (χ0) is 21.3. The maximum atomic E-state index is 12.5. The Labute approximate surface area is 165 Å². The van der Waals surface area contributed by atoms with Gasteiger partial charge in [0.05, 0.1) is 26.4 Å². The summed E-state index contributed by atoms with van der Waals surface area (Å²) in [6.45, 7) is 8.55. The standard InChI is InChI=1S/C20H29NO7/c1-7-26-17(22)15(18(23)27-8-2)16(21-19(24)28-20(3,4)5)13-9-11-14(25-6)12-10-13/h9-12,15-16H,7-8H2,1-6H3,(H,21,24)/t16-/m0/s1. The lowest BCUT2D eigenvalue weighted by molar-refractivity contribution is -0.163. The first kappa shape index (κ1) is 23.3. The summed E-state index contributed by atoms with van der Waals surface area (Å²) in [7, 11) is 1.52. The van der Waals surface area contributed by atoms with E-state index in [4.69, 9.17) is 18.9 Å². The summed E-state index contributed by atoms with van der Waals surface area (Å²) >= 11 is 0. The van der Waals surface area contributed by atoms with Gasteiger partial charge in [0.2, 0.25) is 0 Å². The smallest absolute Gasteiger partial charge is 0.408 e. The van der Waals surface area contributed by atoms with Crippen LogP contribution in [0.3, 0.4) is 0 Å². The van der Waals surface area contributed by atoms with E-state index in [9.17, 15) is 14.4 Å². The van der Waals surface area contributed by atoms with Gasteiger partial charge in [-0.05, 0) is 52.3 Å². The van der Waals surface area contributed by atoms with E-state index >= 15 is 0 Å². The van der Waals surface area contributed by atoms with Crippen LogP contribution >= 0.6 is 0 Å². The van der Waals surface area contributed by atoms with Gasteiger partial charge >= 0.3 is 18.0 Å². The first-order valence-corrected chi connectivity index (χ1v) is 9.09. The molecular formula is C20H29NO7. The number of nitrogens with one attached hydrogen (secondary N) is 1. The van der Waals surface area contributed by atoms with Crippen molar-refractivity contribution in [3.8, 4) is 5.75 Å². The van der Waals surface area contributed by atoms with E-state index in [-0.39, 0.29) is 13.2 Å². The Bertz CT molecular complexity index is 646. The molecule has 0 saturated heterocycles. The van der Waals surface area contributed by atoms with Crippen molar-refractivity contribution in [1.82, 2.24) is 5.32 Å². The summed E-state index contributed by atoms with van der Waals surface area (Å²) in [5.41, 5.74) is -0.254. The SMILES string of the molecule is CCOC(=O)C(C(=O)OCC)[C@@H](NC(=O)OC(C)(C)C)c1ccc(OC)cc1. The van der Waals surface area contributed by atoms with E-state index in [0.717, 1.165) is 0 Å². The Morgan fingerprint density at radius 1 is 0.964 bits per heavy atom. The molecule has 1 atom stereocenters. The summed E-state index contributed by atoms with van der Waals surface area (Å²) in [6, 6.07) is 5.57. The fourth-order valence-corrected chi connectivity index (χ4v) is 2.44. The molecule has 8 heteroatoms. The molecule has 1 N–H and O–H groups in total. The lowest BCUT2D eigenvalue weighted by atomic mass is 9.92. The number of hydrogen-bond donors (Lipinski definition) is 1. The number of alkyl carbamates (subject to hydrolysis) is 1. The number of rotatable bonds is 8. The van der Waals surface area contributed by atoms with Crippen LogP contribution in [0, 0.1) is 5.92 Å². The average molecular weight is 395 g/mol. The molecule has 0 bridgehead atoms. The van der Waals surface area contributed by atoms with Crippen molar-refractivity contribution in [1.29, 1.82) is 0 Å². The van der Waals surface area contributed by atoms with Crippen LogP contribution in [-0.4, -0.2) is 44.0 Å². The van der Waals surface area contributed by atoms with Gasteiger partial charge in [-0.3, -0.25) is 9.59 Å². The van der Waals surface area contributed by atoms with Crippen LogP contribution in [0.2, 0.25) is 0 Å². The Morgan fingerprint density at radius 2 is 1.46 bits per heavy atom. The van der Waals surface area contributed by atoms with Crippen molar-refractivity contribution < 1.29 is 33.3 Å². The maximum Gasteiger partial charge on any atom is 0.408 e. The van der Waals surface area contributed by atoms with Crippen molar-refractivity contribution in [2.75, 3.05) is 20.3 Å². The van der Waals surface area contributed by atoms with Gasteiger partial charge < -0.3 is 24.3 Å². The largest absolute Gasteiger partial charge is 0.497 e. The van der Waals surface area contributed by atoms with Gasteiger partial charge in [0.25, 0.3) is 0 Å². The van der Waals surface area contributed by atoms with Gasteiger partial charge in [0.1, 0.15) is 11.4 Å². The Morgan fingerprint density at radius 3 is 1.86 bits per heavy atom. The lowest BCUT2D eigenvalue weighted by Crippen LogP contribution is -2.44. The molecule has 156 valence electrons. The molecule has 0 spiro atoms. The first-order chi connectivity index (χ1) is 13.1. The molecular weight excluding hydrogens is 366 g/mol. The molecule has 28 heavy (non-hydrogen) atoms. The van der Waals surface area contributed by atoms with E-state index in [1.807, 2.05) is 0 Å². The molecule has 0 aliphatic rings. The van der Waals surface area contributed by atoms with Crippen molar-refractivity contribution in [3.05, 3.63) is 29.8 Å². The fraction of sp³-hybridized carbons (Fsp3) is 0.550. The Balaban J connectivity index is 3.31. The molecule has 0 aromatic heterocycles. The van der Waals surface area contributed by atoms with Gasteiger partial charge in [0, 0.05) is 0 Å². The highest BCUT2D eigenvalue weighted by Gasteiger charge is 2.40. The topological polar surface area (TPSA) is 100 Å². The molecule has 1 rings (SSSR count). The molecule has 1 amide bonds. The number of esters is 2. The number of hydrogen-bond acceptors (Lipinski definition) is 7. The fourth-order valence-electron chi connectivity index (χ4n) is 2.44. The van der Waals surface area contributed by atoms with Gasteiger partial charge in [-0.15, -0.1) is 0 Å². The number of benzene rings is 1. The van der Waals surface area contributed by atoms with E-state index in [0.29, 0.717) is 11.3 Å². The van der Waals surface area contributed by atoms with Crippen molar-refractivity contribution in [2.24, 2.45) is 5.92 Å². The highest BCUT2D eigenvalue weighted by molar-refractivity contribution is 5.96. The molecule has 0 radical (unpaired) electrons. The summed E-state index contributed by atoms with van der Waals surface area (Å²) < 4.78 is 20.5. The molecule has 0 saturated carbocycles. The summed E-state index contributed by atoms with van der Waals surface area (Å²) in [5.74, 6) is -2.39. The van der Waals surface area contributed by atoms with Crippen LogP contribution in [0.4, 0.5) is 4.79 Å². The number of carbonyl (C=O) groups excluding carboxylic acids is 3. The number of carbonyl (C=O) groups is 3. The lowest BCUT2D eigenvalue weighted by Gasteiger charge is -2.27. The van der Waals surface area contributed by atoms with Crippen molar-refractivity contribution in [2.45, 2.75) is 46.3 Å². The Hall–Kier alpha value is -2.77. The minimum Gasteiger partial charge on any atom is -0.497 e. The zero-order valence-corrected chi connectivity index (χ0v) is 17.2. The normalized spacial score (nSPS) is 12.1. The van der Waals surface area contributed by atoms with Crippen molar-refractivity contribution in [3.63, 3.8) is 0 Å². The number of ether oxygens (including phenoxy) is 4. The molecule has 0 fully saturated rings. The predicted octanol–water partition coefficient (Wildman–Crippen LogP) is 3.00. The third kappa shape index (κ3) is 7.09. The maximum absolute atomic E-state index is 12.5. The molecule has 0 unspecified atom stereocenters. The second-order valence-corrected chi connectivity index (χ2v) is 6.88. The summed E-state index contributed by atoms with van der Waals surface area (Å²) in [6.07, 6.45) is -0.771. The molecule has 1 aromatic carbocycles. The zero-order valence-electron chi connectivity index (χ0n) is 17.2. The number of methoxy groups -OCH3 is 1. The molecule has 0 heterocycles. The quantitative estimate of drug-likeness (QED) is 0.410. The van der Waals surface area contributed by atoms with Crippen LogP contribution in [0.25, 0.3) is 0 Å². The van der Waals surface area contributed by atoms with Crippen molar-refractivity contribution >= 4 is 18.0 Å².